The van der Waals surface area contributed by atoms with Crippen molar-refractivity contribution >= 4 is 21.7 Å². The van der Waals surface area contributed by atoms with Gasteiger partial charge in [-0.05, 0) is 57.4 Å². The molecule has 0 bridgehead atoms. The van der Waals surface area contributed by atoms with E-state index in [1.165, 1.54) is 6.07 Å². The number of hydrogen-bond acceptors (Lipinski definition) is 3. The Morgan fingerprint density at radius 3 is 2.90 bits per heavy atom. The van der Waals surface area contributed by atoms with Gasteiger partial charge in [0, 0.05) is 17.4 Å². The number of hydrogen-bond donors (Lipinski definition) is 0. The van der Waals surface area contributed by atoms with E-state index in [1.807, 2.05) is 14.1 Å². The van der Waals surface area contributed by atoms with Crippen molar-refractivity contribution in [2.45, 2.75) is 18.9 Å². The van der Waals surface area contributed by atoms with Crippen molar-refractivity contribution in [1.29, 1.82) is 0 Å². The van der Waals surface area contributed by atoms with Crippen molar-refractivity contribution in [1.82, 2.24) is 9.80 Å². The van der Waals surface area contributed by atoms with Crippen LogP contribution in [0.25, 0.3) is 0 Å². The molecule has 20 heavy (non-hydrogen) atoms. The van der Waals surface area contributed by atoms with Gasteiger partial charge in [0.05, 0.1) is 6.04 Å². The largest absolute Gasteiger partial charge is 0.304 e. The van der Waals surface area contributed by atoms with Crippen LogP contribution in [0.4, 0.5) is 4.39 Å². The van der Waals surface area contributed by atoms with E-state index in [2.05, 4.69) is 25.7 Å². The number of benzene rings is 1. The number of nitrogens with zero attached hydrogens (tertiary/aromatic N) is 2. The minimum atomic E-state index is -0.314. The summed E-state index contributed by atoms with van der Waals surface area (Å²) in [5, 5.41) is 0. The third kappa shape index (κ3) is 3.87. The second-order valence-corrected chi connectivity index (χ2v) is 6.41. The SMILES string of the molecule is CN1CCCN(C)C(C(=O)Cc2cc(Br)ccc2F)C1. The molecule has 5 heteroatoms. The molecule has 0 saturated carbocycles. The van der Waals surface area contributed by atoms with E-state index in [9.17, 15) is 9.18 Å². The van der Waals surface area contributed by atoms with Crippen molar-refractivity contribution in [3.05, 3.63) is 34.1 Å². The number of carbonyl (C=O) groups is 1. The van der Waals surface area contributed by atoms with Gasteiger partial charge in [0.15, 0.2) is 5.78 Å². The lowest BCUT2D eigenvalue weighted by atomic mass is 10.0. The molecular formula is C15H20BrFN2O. The minimum absolute atomic E-state index is 0.0817. The zero-order valence-corrected chi connectivity index (χ0v) is 13.5. The van der Waals surface area contributed by atoms with Gasteiger partial charge in [-0.1, -0.05) is 15.9 Å². The van der Waals surface area contributed by atoms with E-state index in [0.717, 1.165) is 24.0 Å². The summed E-state index contributed by atoms with van der Waals surface area (Å²) in [5.74, 6) is -0.232. The van der Waals surface area contributed by atoms with E-state index in [1.54, 1.807) is 12.1 Å². The van der Waals surface area contributed by atoms with Crippen LogP contribution < -0.4 is 0 Å². The van der Waals surface area contributed by atoms with E-state index in [0.29, 0.717) is 12.1 Å². The molecule has 0 aliphatic carbocycles. The Morgan fingerprint density at radius 1 is 1.40 bits per heavy atom. The molecule has 1 saturated heterocycles. The van der Waals surface area contributed by atoms with Crippen molar-refractivity contribution < 1.29 is 9.18 Å². The summed E-state index contributed by atoms with van der Waals surface area (Å²) in [7, 11) is 4.00. The maximum absolute atomic E-state index is 13.8. The molecule has 1 unspecified atom stereocenters. The molecule has 1 aromatic rings. The zero-order chi connectivity index (χ0) is 14.7. The fourth-order valence-corrected chi connectivity index (χ4v) is 3.01. The summed E-state index contributed by atoms with van der Waals surface area (Å²) in [4.78, 5) is 16.7. The maximum atomic E-state index is 13.8. The highest BCUT2D eigenvalue weighted by Crippen LogP contribution is 2.18. The summed E-state index contributed by atoms with van der Waals surface area (Å²) in [5.41, 5.74) is 0.463. The van der Waals surface area contributed by atoms with Crippen molar-refractivity contribution in [2.75, 3.05) is 33.7 Å². The molecule has 2 rings (SSSR count). The highest BCUT2D eigenvalue weighted by atomic mass is 79.9. The first-order valence-corrected chi connectivity index (χ1v) is 7.62. The Balaban J connectivity index is 2.11. The van der Waals surface area contributed by atoms with Crippen LogP contribution in [0.2, 0.25) is 0 Å². The van der Waals surface area contributed by atoms with Crippen LogP contribution >= 0.6 is 15.9 Å². The molecule has 0 radical (unpaired) electrons. The van der Waals surface area contributed by atoms with Crippen molar-refractivity contribution in [3.63, 3.8) is 0 Å². The fraction of sp³-hybridized carbons (Fsp3) is 0.533. The van der Waals surface area contributed by atoms with Crippen LogP contribution in [-0.4, -0.2) is 55.4 Å². The molecule has 1 aromatic carbocycles. The smallest absolute Gasteiger partial charge is 0.155 e. The zero-order valence-electron chi connectivity index (χ0n) is 11.9. The average molecular weight is 343 g/mol. The van der Waals surface area contributed by atoms with Crippen LogP contribution in [0.15, 0.2) is 22.7 Å². The molecule has 1 aliphatic rings. The summed E-state index contributed by atoms with van der Waals surface area (Å²) in [6, 6.07) is 4.58. The van der Waals surface area contributed by atoms with Gasteiger partial charge in [-0.2, -0.15) is 0 Å². The lowest BCUT2D eigenvalue weighted by Gasteiger charge is -2.26. The first-order valence-electron chi connectivity index (χ1n) is 6.83. The summed E-state index contributed by atoms with van der Waals surface area (Å²) < 4.78 is 14.6. The number of halogens is 2. The Morgan fingerprint density at radius 2 is 2.15 bits per heavy atom. The lowest BCUT2D eigenvalue weighted by Crippen LogP contribution is -2.44. The van der Waals surface area contributed by atoms with E-state index in [4.69, 9.17) is 0 Å². The summed E-state index contributed by atoms with van der Waals surface area (Å²) >= 11 is 3.32. The molecule has 0 N–H and O–H groups in total. The van der Waals surface area contributed by atoms with E-state index < -0.39 is 0 Å². The predicted octanol–water partition coefficient (Wildman–Crippen LogP) is 2.34. The normalized spacial score (nSPS) is 21.7. The summed E-state index contributed by atoms with van der Waals surface area (Å²) in [6.07, 6.45) is 1.20. The number of likely N-dealkylation sites (N-methyl/N-ethyl adjacent to an activating group) is 2. The lowest BCUT2D eigenvalue weighted by molar-refractivity contribution is -0.123. The van der Waals surface area contributed by atoms with Crippen molar-refractivity contribution in [2.24, 2.45) is 0 Å². The molecule has 110 valence electrons. The van der Waals surface area contributed by atoms with Crippen LogP contribution in [-0.2, 0) is 11.2 Å². The van der Waals surface area contributed by atoms with Gasteiger partial charge in [0.25, 0.3) is 0 Å². The second kappa shape index (κ2) is 6.78. The van der Waals surface area contributed by atoms with Gasteiger partial charge in [-0.25, -0.2) is 4.39 Å². The van der Waals surface area contributed by atoms with Crippen molar-refractivity contribution in [3.8, 4) is 0 Å². The van der Waals surface area contributed by atoms with Gasteiger partial charge >= 0.3 is 0 Å². The third-order valence-electron chi connectivity index (χ3n) is 3.81. The Kier molecular flexibility index (Phi) is 5.29. The van der Waals surface area contributed by atoms with Gasteiger partial charge < -0.3 is 4.90 Å². The van der Waals surface area contributed by atoms with Crippen LogP contribution in [0.5, 0.6) is 0 Å². The first kappa shape index (κ1) is 15.6. The highest BCUT2D eigenvalue weighted by molar-refractivity contribution is 9.10. The maximum Gasteiger partial charge on any atom is 0.155 e. The monoisotopic (exact) mass is 342 g/mol. The predicted molar refractivity (Wildman–Crippen MR) is 81.3 cm³/mol. The van der Waals surface area contributed by atoms with Gasteiger partial charge in [-0.15, -0.1) is 0 Å². The van der Waals surface area contributed by atoms with Gasteiger partial charge in [0.2, 0.25) is 0 Å². The highest BCUT2D eigenvalue weighted by Gasteiger charge is 2.27. The molecule has 1 atom stereocenters. The number of carbonyl (C=O) groups excluding carboxylic acids is 1. The van der Waals surface area contributed by atoms with Crippen LogP contribution in [0.1, 0.15) is 12.0 Å². The third-order valence-corrected chi connectivity index (χ3v) is 4.30. The fourth-order valence-electron chi connectivity index (χ4n) is 2.60. The van der Waals surface area contributed by atoms with E-state index in [-0.39, 0.29) is 24.1 Å². The minimum Gasteiger partial charge on any atom is -0.304 e. The first-order chi connectivity index (χ1) is 9.47. The molecule has 0 amide bonds. The number of Topliss-reactive ketones (excluding diaryl/α,β-unsaturated/α-hetero) is 1. The second-order valence-electron chi connectivity index (χ2n) is 5.49. The van der Waals surface area contributed by atoms with Crippen LogP contribution in [0.3, 0.4) is 0 Å². The summed E-state index contributed by atoms with van der Waals surface area (Å²) in [6.45, 7) is 2.62. The molecule has 0 aromatic heterocycles. The molecule has 1 aliphatic heterocycles. The Hall–Kier alpha value is -0.780. The Labute approximate surface area is 127 Å². The number of ketones is 1. The van der Waals surface area contributed by atoms with Gasteiger partial charge in [-0.3, -0.25) is 9.69 Å². The quantitative estimate of drug-likeness (QED) is 0.842. The van der Waals surface area contributed by atoms with Gasteiger partial charge in [0.1, 0.15) is 5.82 Å². The molecule has 3 nitrogen and oxygen atoms in total. The molecule has 1 fully saturated rings. The standard InChI is InChI=1S/C15H20BrFN2O/c1-18-6-3-7-19(2)14(10-18)15(20)9-11-8-12(16)4-5-13(11)17/h4-5,8,14H,3,6-7,9-10H2,1-2H3. The molecular weight excluding hydrogens is 323 g/mol. The average Bonchev–Trinajstić information content (AvgIpc) is 2.55. The van der Waals surface area contributed by atoms with E-state index >= 15 is 0 Å². The molecule has 1 heterocycles. The Bertz CT molecular complexity index is 495. The van der Waals surface area contributed by atoms with Crippen LogP contribution in [0, 0.1) is 5.82 Å². The number of rotatable bonds is 3. The molecule has 0 spiro atoms. The topological polar surface area (TPSA) is 23.6 Å².